The van der Waals surface area contributed by atoms with Crippen LogP contribution in [0.2, 0.25) is 0 Å². The molecule has 84 heavy (non-hydrogen) atoms. The number of aliphatic carboxylic acids is 1. The summed E-state index contributed by atoms with van der Waals surface area (Å²) >= 11 is 1.29. The van der Waals surface area contributed by atoms with E-state index in [4.69, 9.17) is 28.7 Å². The Morgan fingerprint density at radius 2 is 1.31 bits per heavy atom. The number of hydrogen-bond acceptors (Lipinski definition) is 19. The van der Waals surface area contributed by atoms with Gasteiger partial charge in [-0.15, -0.1) is 0 Å². The molecule has 0 aliphatic carbocycles. The highest BCUT2D eigenvalue weighted by molar-refractivity contribution is 7.98. The minimum Gasteiger partial charge on any atom is -0.508 e. The van der Waals surface area contributed by atoms with Crippen LogP contribution in [-0.2, 0) is 68.2 Å². The molecule has 0 spiro atoms. The fraction of sp³-hybridized carbons (Fsp3) is 0.633. The third-order valence-corrected chi connectivity index (χ3v) is 13.9. The van der Waals surface area contributed by atoms with E-state index in [1.807, 2.05) is 0 Å². The van der Waals surface area contributed by atoms with Crippen molar-refractivity contribution in [1.29, 1.82) is 0 Å². The summed E-state index contributed by atoms with van der Waals surface area (Å²) in [5, 5.41) is 49.1. The second kappa shape index (κ2) is 36.5. The molecule has 2 rings (SSSR count). The number of nitrogens with one attached hydrogen (secondary N) is 8. The zero-order chi connectivity index (χ0) is 63.4. The lowest BCUT2D eigenvalue weighted by molar-refractivity contribution is -0.143. The number of phosphoric acid groups is 1. The summed E-state index contributed by atoms with van der Waals surface area (Å²) in [4.78, 5) is 171. The van der Waals surface area contributed by atoms with Crippen LogP contribution in [0.4, 0.5) is 0 Å². The maximum Gasteiger partial charge on any atom is 0.469 e. The summed E-state index contributed by atoms with van der Waals surface area (Å²) < 4.78 is 16.4. The van der Waals surface area contributed by atoms with Gasteiger partial charge in [0.1, 0.15) is 54.1 Å². The lowest BCUT2D eigenvalue weighted by Crippen LogP contribution is -2.61. The third kappa shape index (κ3) is 26.6. The number of hydrogen-bond donors (Lipinski definition) is 18. The number of nitrogens with zero attached hydrogens (tertiary/aromatic N) is 2. The van der Waals surface area contributed by atoms with E-state index in [-0.39, 0.29) is 82.0 Å². The van der Waals surface area contributed by atoms with E-state index in [1.165, 1.54) is 36.0 Å². The fourth-order valence-electron chi connectivity index (χ4n) is 8.26. The summed E-state index contributed by atoms with van der Waals surface area (Å²) in [6.45, 7) is 2.51. The average Bonchev–Trinajstić information content (AvgIpc) is 4.06. The van der Waals surface area contributed by atoms with Crippen molar-refractivity contribution in [3.63, 3.8) is 0 Å². The summed E-state index contributed by atoms with van der Waals surface area (Å²) in [6, 6.07) is -8.36. The average molecular weight is 1230 g/mol. The van der Waals surface area contributed by atoms with Crippen molar-refractivity contribution in [2.24, 2.45) is 39.6 Å². The van der Waals surface area contributed by atoms with E-state index in [2.05, 4.69) is 52.1 Å². The fourth-order valence-corrected chi connectivity index (χ4v) is 9.08. The number of aliphatic imine (C=N–C) groups is 1. The quantitative estimate of drug-likeness (QED) is 0.0127. The predicted molar refractivity (Wildman–Crippen MR) is 303 cm³/mol. The first-order valence-electron chi connectivity index (χ1n) is 26.8. The number of unbranched alkanes of at least 4 members (excludes halogenated alkanes) is 1. The highest BCUT2D eigenvalue weighted by Crippen LogP contribution is 2.35. The number of aromatic hydroxyl groups is 1. The van der Waals surface area contributed by atoms with Gasteiger partial charge in [-0.1, -0.05) is 26.0 Å². The Bertz CT molecular complexity index is 2500. The molecule has 1 saturated heterocycles. The Kier molecular flexibility index (Phi) is 31.7. The van der Waals surface area contributed by atoms with Gasteiger partial charge in [0.25, 0.3) is 0 Å². The Hall–Kier alpha value is -7.20. The molecule has 35 heteroatoms. The van der Waals surface area contributed by atoms with Crippen molar-refractivity contribution in [1.82, 2.24) is 47.4 Å². The van der Waals surface area contributed by atoms with Crippen LogP contribution in [0.3, 0.4) is 0 Å². The number of carboxylic acid groups (broad SMARTS) is 1. The number of likely N-dealkylation sites (tertiary alicyclic amines) is 1. The van der Waals surface area contributed by atoms with Crippen molar-refractivity contribution in [2.75, 3.05) is 44.8 Å². The van der Waals surface area contributed by atoms with Crippen LogP contribution in [0.5, 0.6) is 5.75 Å². The first-order valence-corrected chi connectivity index (χ1v) is 29.7. The number of aliphatic hydroxyl groups excluding tert-OH is 1. The molecule has 1 aliphatic rings. The van der Waals surface area contributed by atoms with Gasteiger partial charge in [-0.2, -0.15) is 11.8 Å². The summed E-state index contributed by atoms with van der Waals surface area (Å²) in [6.07, 6.45) is 0.283. The SMILES string of the molecule is CSCC[C@H](NC(=O)[C@@H]1CCCN1C(=O)CNC(=O)[C@H](COP(=O)(O)O)NC(=O)[C@H](Cc1ccc(O)cc1)NC(=O)[C@@H](NC(=O)[C@@H](N)CCCN=C(N)N)[C@@H](C)O)C(=O)N[C@@H](CC(N)=O)C(=O)N[C@@H](CCCCN)C(=O)N[C@H](C(=O)O)C(C)C. The maximum absolute atomic E-state index is 14.1. The van der Waals surface area contributed by atoms with E-state index in [1.54, 1.807) is 20.1 Å². The third-order valence-electron chi connectivity index (χ3n) is 12.8. The van der Waals surface area contributed by atoms with Crippen LogP contribution >= 0.6 is 19.6 Å². The van der Waals surface area contributed by atoms with Gasteiger partial charge >= 0.3 is 13.8 Å². The van der Waals surface area contributed by atoms with E-state index >= 15 is 0 Å². The standard InChI is InChI=1S/C49H82N15O18PS/c1-25(2)38(48(77)78)62-43(72)30(10-5-6-17-50)57-45(74)33(22-36(52)67)59-42(71)31(16-20-84-4)58-46(75)35-11-8-19-64(35)37(68)23-56-41(70)34(24-82-83(79,80)81)61-44(73)32(21-27-12-14-28(66)15-13-27)60-47(76)39(26(3)65)63-40(69)29(51)9-7-18-55-49(53)54/h12-15,25-26,29-35,38-39,65-66H,5-11,16-24,50-51H2,1-4H3,(H2,52,67)(H,56,70)(H,57,74)(H,58,75)(H,59,71)(H,60,76)(H,61,73)(H,62,72)(H,63,69)(H,77,78)(H4,53,54,55)(H2,79,80,81)/t26-,29+,30+,31+,32+,33+,34+,35+,38+,39+/m1/s1. The maximum atomic E-state index is 14.1. The number of benzene rings is 1. The number of amides is 10. The number of guanidine groups is 1. The van der Waals surface area contributed by atoms with Gasteiger partial charge in [-0.25, -0.2) is 9.36 Å². The number of rotatable bonds is 38. The Morgan fingerprint density at radius 3 is 1.88 bits per heavy atom. The number of aliphatic hydroxyl groups is 1. The number of phenolic OH excluding ortho intramolecular Hbond substituents is 1. The number of carbonyl (C=O) groups is 11. The van der Waals surface area contributed by atoms with Crippen molar-refractivity contribution in [2.45, 2.75) is 145 Å². The molecular weight excluding hydrogens is 1150 g/mol. The Morgan fingerprint density at radius 1 is 0.738 bits per heavy atom. The zero-order valence-electron chi connectivity index (χ0n) is 47.2. The van der Waals surface area contributed by atoms with Gasteiger partial charge in [0.05, 0.1) is 31.7 Å². The molecule has 33 nitrogen and oxygen atoms in total. The highest BCUT2D eigenvalue weighted by Gasteiger charge is 2.39. The number of nitrogens with two attached hydrogens (primary N) is 5. The molecule has 23 N–H and O–H groups in total. The zero-order valence-corrected chi connectivity index (χ0v) is 48.9. The van der Waals surface area contributed by atoms with E-state index in [0.717, 1.165) is 11.8 Å². The van der Waals surface area contributed by atoms with Crippen LogP contribution in [-0.4, -0.2) is 206 Å². The lowest BCUT2D eigenvalue weighted by atomic mass is 10.0. The Balaban J connectivity index is 2.34. The summed E-state index contributed by atoms with van der Waals surface area (Å²) in [5.74, 6) is -12.0. The topological polar surface area (TPSA) is 557 Å². The van der Waals surface area contributed by atoms with Crippen LogP contribution in [0.15, 0.2) is 29.3 Å². The number of carboxylic acids is 1. The minimum absolute atomic E-state index is 0.00399. The van der Waals surface area contributed by atoms with Gasteiger partial charge in [0.15, 0.2) is 5.96 Å². The number of carbonyl (C=O) groups excluding carboxylic acids is 10. The van der Waals surface area contributed by atoms with Crippen LogP contribution in [0, 0.1) is 5.92 Å². The van der Waals surface area contributed by atoms with Gasteiger partial charge in [-0.05, 0) is 100 Å². The molecule has 0 aromatic heterocycles. The smallest absolute Gasteiger partial charge is 0.469 e. The molecule has 0 radical (unpaired) electrons. The molecule has 10 atom stereocenters. The molecule has 1 aromatic carbocycles. The number of phosphoric ester groups is 1. The van der Waals surface area contributed by atoms with Gasteiger partial charge in [0, 0.05) is 19.5 Å². The molecule has 10 amide bonds. The van der Waals surface area contributed by atoms with Gasteiger partial charge in [0.2, 0.25) is 59.1 Å². The lowest BCUT2D eigenvalue weighted by Gasteiger charge is -2.28. The molecule has 1 aliphatic heterocycles. The molecule has 0 bridgehead atoms. The van der Waals surface area contributed by atoms with E-state index in [9.17, 15) is 82.4 Å². The van der Waals surface area contributed by atoms with Gasteiger partial charge < -0.3 is 101 Å². The summed E-state index contributed by atoms with van der Waals surface area (Å²) in [7, 11) is -5.36. The van der Waals surface area contributed by atoms with Crippen molar-refractivity contribution in [3.8, 4) is 5.75 Å². The molecule has 1 fully saturated rings. The normalized spacial score (nSPS) is 16.4. The van der Waals surface area contributed by atoms with Gasteiger partial charge in [-0.3, -0.25) is 57.5 Å². The largest absolute Gasteiger partial charge is 0.508 e. The van der Waals surface area contributed by atoms with Crippen molar-refractivity contribution < 1.29 is 86.9 Å². The first-order chi connectivity index (χ1) is 39.4. The Labute approximate surface area is 488 Å². The molecule has 472 valence electrons. The molecule has 0 unspecified atom stereocenters. The number of phenols is 1. The summed E-state index contributed by atoms with van der Waals surface area (Å²) in [5.41, 5.74) is 28.0. The van der Waals surface area contributed by atoms with Crippen LogP contribution in [0.1, 0.15) is 84.1 Å². The van der Waals surface area contributed by atoms with Crippen molar-refractivity contribution in [3.05, 3.63) is 29.8 Å². The van der Waals surface area contributed by atoms with E-state index in [0.29, 0.717) is 18.4 Å². The monoisotopic (exact) mass is 1230 g/mol. The molecule has 1 heterocycles. The molecule has 1 aromatic rings. The van der Waals surface area contributed by atoms with Crippen LogP contribution < -0.4 is 71.2 Å². The highest BCUT2D eigenvalue weighted by atomic mass is 32.2. The van der Waals surface area contributed by atoms with Crippen LogP contribution in [0.25, 0.3) is 0 Å². The van der Waals surface area contributed by atoms with E-state index < -0.39 is 159 Å². The predicted octanol–water partition coefficient (Wildman–Crippen LogP) is -6.20. The molecular formula is C49H82N15O18PS. The number of primary amides is 1. The second-order valence-corrected chi connectivity index (χ2v) is 22.2. The number of thioether (sulfide) groups is 1. The first kappa shape index (κ1) is 72.9. The minimum atomic E-state index is -5.36. The van der Waals surface area contributed by atoms with Crippen molar-refractivity contribution >= 4 is 90.6 Å². The second-order valence-electron chi connectivity index (χ2n) is 20.0. The molecule has 0 saturated carbocycles.